The fourth-order valence-electron chi connectivity index (χ4n) is 2.81. The first kappa shape index (κ1) is 20.6. The molecule has 0 aromatic heterocycles. The van der Waals surface area contributed by atoms with Crippen LogP contribution in [0, 0.1) is 22.7 Å². The van der Waals surface area contributed by atoms with Crippen molar-refractivity contribution in [1.82, 2.24) is 0 Å². The van der Waals surface area contributed by atoms with Crippen LogP contribution in [0.25, 0.3) is 0 Å². The van der Waals surface area contributed by atoms with Gasteiger partial charge in [0.05, 0.1) is 10.9 Å². The van der Waals surface area contributed by atoms with Crippen molar-refractivity contribution in [2.75, 3.05) is 10.2 Å². The van der Waals surface area contributed by atoms with E-state index in [1.165, 1.54) is 24.3 Å². The molecule has 9 heteroatoms. The maximum Gasteiger partial charge on any atom is 0.248 e. The summed E-state index contributed by atoms with van der Waals surface area (Å²) in [6.07, 6.45) is -0.0921. The zero-order chi connectivity index (χ0) is 21.7. The molecule has 1 aliphatic heterocycles. The fraction of sp³-hybridized carbons (Fsp3) is 0.0952. The number of para-hydroxylation sites is 1. The number of amides is 3. The van der Waals surface area contributed by atoms with Crippen LogP contribution in [-0.2, 0) is 9.59 Å². The Morgan fingerprint density at radius 2 is 1.70 bits per heavy atom. The summed E-state index contributed by atoms with van der Waals surface area (Å²) in [5.74, 6) is -1.50. The maximum atomic E-state index is 12.9. The molecule has 3 rings (SSSR count). The third-order valence-electron chi connectivity index (χ3n) is 4.26. The number of thioether (sulfide) groups is 1. The van der Waals surface area contributed by atoms with E-state index in [1.54, 1.807) is 24.3 Å². The number of nitrogens with zero attached hydrogens (tertiary/aromatic N) is 3. The lowest BCUT2D eigenvalue weighted by Crippen LogP contribution is -2.31. The largest absolute Gasteiger partial charge is 0.366 e. The molecule has 0 bridgehead atoms. The predicted molar refractivity (Wildman–Crippen MR) is 112 cm³/mol. The van der Waals surface area contributed by atoms with Crippen molar-refractivity contribution in [2.45, 2.75) is 11.7 Å². The molecule has 1 atom stereocenters. The molecule has 148 valence electrons. The summed E-state index contributed by atoms with van der Waals surface area (Å²) in [7, 11) is 0. The summed E-state index contributed by atoms with van der Waals surface area (Å²) in [6.45, 7) is 0. The van der Waals surface area contributed by atoms with E-state index in [0.717, 1.165) is 16.7 Å². The third kappa shape index (κ3) is 4.32. The van der Waals surface area contributed by atoms with E-state index in [2.05, 4.69) is 5.32 Å². The molecule has 1 heterocycles. The number of allylic oxidation sites excluding steroid dienone is 1. The molecule has 0 radical (unpaired) electrons. The van der Waals surface area contributed by atoms with Gasteiger partial charge in [-0.3, -0.25) is 14.4 Å². The van der Waals surface area contributed by atoms with E-state index >= 15 is 0 Å². The van der Waals surface area contributed by atoms with Crippen LogP contribution in [0.3, 0.4) is 0 Å². The summed E-state index contributed by atoms with van der Waals surface area (Å²) < 4.78 is 0. The lowest BCUT2D eigenvalue weighted by Gasteiger charge is -2.16. The molecule has 2 aromatic rings. The number of imide groups is 1. The van der Waals surface area contributed by atoms with Gasteiger partial charge in [0.2, 0.25) is 17.7 Å². The number of anilines is 2. The number of primary amides is 1. The van der Waals surface area contributed by atoms with Gasteiger partial charge in [0.25, 0.3) is 0 Å². The van der Waals surface area contributed by atoms with Crippen LogP contribution in [0.4, 0.5) is 11.4 Å². The van der Waals surface area contributed by atoms with Crippen LogP contribution in [0.5, 0.6) is 0 Å². The van der Waals surface area contributed by atoms with Crippen molar-refractivity contribution < 1.29 is 14.4 Å². The Morgan fingerprint density at radius 1 is 1.07 bits per heavy atom. The third-order valence-corrected chi connectivity index (χ3v) is 5.45. The van der Waals surface area contributed by atoms with Gasteiger partial charge in [-0.2, -0.15) is 10.5 Å². The Kier molecular flexibility index (Phi) is 6.16. The Morgan fingerprint density at radius 3 is 2.27 bits per heavy atom. The number of nitrogens with two attached hydrogens (primary N) is 1. The van der Waals surface area contributed by atoms with Crippen LogP contribution in [-0.4, -0.2) is 23.0 Å². The number of carbonyl (C=O) groups is 3. The summed E-state index contributed by atoms with van der Waals surface area (Å²) in [5.41, 5.74) is 6.24. The van der Waals surface area contributed by atoms with E-state index in [0.29, 0.717) is 11.4 Å². The van der Waals surface area contributed by atoms with Crippen LogP contribution >= 0.6 is 11.8 Å². The quantitative estimate of drug-likeness (QED) is 0.543. The maximum absolute atomic E-state index is 12.9. The second-order valence-corrected chi connectivity index (χ2v) is 7.42. The molecule has 0 spiro atoms. The minimum atomic E-state index is -0.809. The molecule has 3 N–H and O–H groups in total. The van der Waals surface area contributed by atoms with Gasteiger partial charge in [-0.15, -0.1) is 0 Å². The summed E-state index contributed by atoms with van der Waals surface area (Å²) in [6, 6.07) is 18.3. The van der Waals surface area contributed by atoms with Gasteiger partial charge in [0.15, 0.2) is 5.57 Å². The second-order valence-electron chi connectivity index (χ2n) is 6.21. The predicted octanol–water partition coefficient (Wildman–Crippen LogP) is 2.52. The number of benzene rings is 2. The van der Waals surface area contributed by atoms with Crippen molar-refractivity contribution in [3.63, 3.8) is 0 Å². The van der Waals surface area contributed by atoms with E-state index in [4.69, 9.17) is 5.73 Å². The van der Waals surface area contributed by atoms with Crippen molar-refractivity contribution >= 4 is 40.9 Å². The fourth-order valence-corrected chi connectivity index (χ4v) is 3.92. The summed E-state index contributed by atoms with van der Waals surface area (Å²) in [4.78, 5) is 37.6. The highest BCUT2D eigenvalue weighted by atomic mass is 32.2. The number of nitriles is 2. The Bertz CT molecular complexity index is 1100. The number of hydrogen-bond acceptors (Lipinski definition) is 7. The number of rotatable bonds is 6. The summed E-state index contributed by atoms with van der Waals surface area (Å²) in [5, 5.41) is 20.9. The molecule has 0 saturated carbocycles. The first-order valence-corrected chi connectivity index (χ1v) is 9.62. The van der Waals surface area contributed by atoms with Gasteiger partial charge in [0, 0.05) is 17.7 Å². The molecule has 30 heavy (non-hydrogen) atoms. The molecular formula is C21H15N5O3S. The second kappa shape index (κ2) is 8.95. The van der Waals surface area contributed by atoms with Crippen molar-refractivity contribution in [3.05, 3.63) is 70.8 Å². The Balaban J connectivity index is 1.84. The van der Waals surface area contributed by atoms with Crippen molar-refractivity contribution in [1.29, 1.82) is 10.5 Å². The first-order valence-electron chi connectivity index (χ1n) is 8.74. The number of carbonyl (C=O) groups excluding carboxylic acids is 3. The molecule has 3 amide bonds. The van der Waals surface area contributed by atoms with Crippen molar-refractivity contribution in [2.24, 2.45) is 5.73 Å². The van der Waals surface area contributed by atoms with E-state index in [-0.39, 0.29) is 22.6 Å². The number of nitrogens with one attached hydrogen (secondary N) is 1. The van der Waals surface area contributed by atoms with E-state index in [9.17, 15) is 24.9 Å². The molecular weight excluding hydrogens is 402 g/mol. The first-order chi connectivity index (χ1) is 14.4. The molecule has 1 saturated heterocycles. The zero-order valence-electron chi connectivity index (χ0n) is 15.5. The minimum absolute atomic E-state index is 0.0921. The van der Waals surface area contributed by atoms with Crippen LogP contribution in [0.2, 0.25) is 0 Å². The average molecular weight is 417 g/mol. The van der Waals surface area contributed by atoms with Crippen LogP contribution in [0.1, 0.15) is 16.8 Å². The lowest BCUT2D eigenvalue weighted by molar-refractivity contribution is -0.121. The normalized spacial score (nSPS) is 15.3. The lowest BCUT2D eigenvalue weighted by atomic mass is 10.2. The summed E-state index contributed by atoms with van der Waals surface area (Å²) >= 11 is 0.960. The zero-order valence-corrected chi connectivity index (χ0v) is 16.3. The van der Waals surface area contributed by atoms with E-state index in [1.807, 2.05) is 18.2 Å². The highest BCUT2D eigenvalue weighted by molar-refractivity contribution is 8.04. The monoisotopic (exact) mass is 417 g/mol. The highest BCUT2D eigenvalue weighted by Gasteiger charge is 2.41. The molecule has 8 nitrogen and oxygen atoms in total. The van der Waals surface area contributed by atoms with Crippen molar-refractivity contribution in [3.8, 4) is 12.1 Å². The molecule has 2 aromatic carbocycles. The van der Waals surface area contributed by atoms with Crippen LogP contribution in [0.15, 0.2) is 65.2 Å². The topological polar surface area (TPSA) is 140 Å². The van der Waals surface area contributed by atoms with Crippen LogP contribution < -0.4 is 16.0 Å². The molecule has 1 fully saturated rings. The number of hydrogen-bond donors (Lipinski definition) is 2. The van der Waals surface area contributed by atoms with Gasteiger partial charge in [-0.05, 0) is 36.4 Å². The van der Waals surface area contributed by atoms with Gasteiger partial charge in [0.1, 0.15) is 17.2 Å². The Hall–Kier alpha value is -4.08. The highest BCUT2D eigenvalue weighted by Crippen LogP contribution is 2.35. The van der Waals surface area contributed by atoms with Gasteiger partial charge >= 0.3 is 0 Å². The Labute approximate surface area is 176 Å². The standard InChI is InChI=1S/C21H15N5O3S/c22-11-14(12-23)20(25-15-4-2-1-3-5-15)30-17-10-18(27)26(21(17)29)16-8-6-13(7-9-16)19(24)28/h1-9,17,25H,10H2,(H2,24,28)/t17-/m1/s1. The van der Waals surface area contributed by atoms with Gasteiger partial charge in [-0.1, -0.05) is 30.0 Å². The smallest absolute Gasteiger partial charge is 0.248 e. The molecule has 0 unspecified atom stereocenters. The molecule has 0 aliphatic carbocycles. The minimum Gasteiger partial charge on any atom is -0.366 e. The SMILES string of the molecule is N#CC(C#N)=C(Nc1ccccc1)S[C@@H]1CC(=O)N(c2ccc(C(N)=O)cc2)C1=O. The van der Waals surface area contributed by atoms with Gasteiger partial charge in [-0.25, -0.2) is 4.90 Å². The molecule has 1 aliphatic rings. The van der Waals surface area contributed by atoms with E-state index < -0.39 is 23.0 Å². The van der Waals surface area contributed by atoms with Gasteiger partial charge < -0.3 is 11.1 Å². The average Bonchev–Trinajstić information content (AvgIpc) is 3.02.